The van der Waals surface area contributed by atoms with Gasteiger partial charge in [0.1, 0.15) is 5.82 Å². The molecule has 8 nitrogen and oxygen atoms in total. The molecular weight excluding hydrogens is 316 g/mol. The molecule has 0 radical (unpaired) electrons. The van der Waals surface area contributed by atoms with Gasteiger partial charge in [0.25, 0.3) is 0 Å². The number of rotatable bonds is 3. The minimum atomic E-state index is -0.104. The third-order valence-electron chi connectivity index (χ3n) is 4.52. The normalized spacial score (nSPS) is 15.4. The first kappa shape index (κ1) is 15.7. The predicted octanol–water partition coefficient (Wildman–Crippen LogP) is 1.54. The van der Waals surface area contributed by atoms with E-state index in [2.05, 4.69) is 50.7 Å². The third-order valence-corrected chi connectivity index (χ3v) is 4.52. The zero-order valence-corrected chi connectivity index (χ0v) is 15.0. The summed E-state index contributed by atoms with van der Waals surface area (Å²) in [6, 6.07) is 6.19. The molecule has 0 atom stereocenters. The highest BCUT2D eigenvalue weighted by atomic mass is 15.4. The first-order valence-corrected chi connectivity index (χ1v) is 8.41. The molecule has 0 amide bonds. The van der Waals surface area contributed by atoms with Crippen LogP contribution in [0.5, 0.6) is 0 Å². The number of likely N-dealkylation sites (N-methyl/N-ethyl adjacent to an activating group) is 1. The maximum Gasteiger partial charge on any atom is 0.225 e. The minimum Gasteiger partial charge on any atom is -0.351 e. The molecule has 4 heterocycles. The van der Waals surface area contributed by atoms with E-state index in [1.54, 1.807) is 12.4 Å². The van der Waals surface area contributed by atoms with Gasteiger partial charge in [0, 0.05) is 37.9 Å². The van der Waals surface area contributed by atoms with Crippen LogP contribution in [0.4, 0.5) is 11.8 Å². The van der Waals surface area contributed by atoms with Gasteiger partial charge in [-0.2, -0.15) is 4.52 Å². The molecule has 1 fully saturated rings. The first-order valence-electron chi connectivity index (χ1n) is 8.41. The maximum absolute atomic E-state index is 4.76. The van der Waals surface area contributed by atoms with E-state index in [1.165, 1.54) is 0 Å². The van der Waals surface area contributed by atoms with E-state index in [-0.39, 0.29) is 5.41 Å². The molecule has 8 heteroatoms. The summed E-state index contributed by atoms with van der Waals surface area (Å²) < 4.78 is 1.85. The van der Waals surface area contributed by atoms with Crippen LogP contribution in [-0.2, 0) is 5.41 Å². The number of anilines is 2. The molecule has 0 saturated carbocycles. The van der Waals surface area contributed by atoms with Gasteiger partial charge < -0.3 is 9.80 Å². The van der Waals surface area contributed by atoms with Crippen LogP contribution in [-0.4, -0.2) is 56.0 Å². The summed E-state index contributed by atoms with van der Waals surface area (Å²) in [4.78, 5) is 13.0. The van der Waals surface area contributed by atoms with Crippen LogP contribution in [0.1, 0.15) is 26.6 Å². The largest absolute Gasteiger partial charge is 0.351 e. The highest BCUT2D eigenvalue weighted by molar-refractivity contribution is 5.50. The number of fused-ring (bicyclic) bond motifs is 1. The van der Waals surface area contributed by atoms with Crippen molar-refractivity contribution in [2.45, 2.75) is 32.2 Å². The lowest BCUT2D eigenvalue weighted by molar-refractivity contribution is 0.480. The monoisotopic (exact) mass is 338 g/mol. The summed E-state index contributed by atoms with van der Waals surface area (Å²) in [5, 5.41) is 13.3. The summed E-state index contributed by atoms with van der Waals surface area (Å²) in [6.45, 7) is 8.13. The number of aromatic nitrogens is 6. The summed E-state index contributed by atoms with van der Waals surface area (Å²) in [5.74, 6) is 2.57. The molecule has 1 aliphatic rings. The molecule has 3 aromatic rings. The van der Waals surface area contributed by atoms with Gasteiger partial charge >= 0.3 is 0 Å². The van der Waals surface area contributed by atoms with Crippen molar-refractivity contribution in [1.82, 2.24) is 29.8 Å². The average molecular weight is 338 g/mol. The number of hydrogen-bond acceptors (Lipinski definition) is 7. The van der Waals surface area contributed by atoms with Gasteiger partial charge in [-0.05, 0) is 18.2 Å². The fourth-order valence-corrected chi connectivity index (χ4v) is 2.94. The van der Waals surface area contributed by atoms with Crippen LogP contribution in [0, 0.1) is 0 Å². The molecule has 0 spiro atoms. The molecule has 1 aliphatic heterocycles. The van der Waals surface area contributed by atoms with Crippen molar-refractivity contribution in [3.05, 3.63) is 36.4 Å². The summed E-state index contributed by atoms with van der Waals surface area (Å²) in [6.07, 6.45) is 3.54. The van der Waals surface area contributed by atoms with Gasteiger partial charge in [-0.1, -0.05) is 20.8 Å². The van der Waals surface area contributed by atoms with Crippen molar-refractivity contribution < 1.29 is 0 Å². The molecule has 1 saturated heterocycles. The van der Waals surface area contributed by atoms with Crippen molar-refractivity contribution in [1.29, 1.82) is 0 Å². The topological polar surface area (TPSA) is 75.3 Å². The number of nitrogens with zero attached hydrogens (tertiary/aromatic N) is 8. The van der Waals surface area contributed by atoms with Gasteiger partial charge in [0.05, 0.1) is 6.04 Å². The third kappa shape index (κ3) is 2.77. The van der Waals surface area contributed by atoms with Crippen molar-refractivity contribution >= 4 is 17.4 Å². The Balaban J connectivity index is 1.52. The number of hydrogen-bond donors (Lipinski definition) is 0. The van der Waals surface area contributed by atoms with Crippen molar-refractivity contribution in [3.63, 3.8) is 0 Å². The zero-order valence-electron chi connectivity index (χ0n) is 15.0. The summed E-state index contributed by atoms with van der Waals surface area (Å²) in [7, 11) is 2.03. The van der Waals surface area contributed by atoms with Crippen molar-refractivity contribution in [2.75, 3.05) is 29.9 Å². The van der Waals surface area contributed by atoms with E-state index in [0.29, 0.717) is 6.04 Å². The van der Waals surface area contributed by atoms with Gasteiger partial charge in [-0.15, -0.1) is 15.3 Å². The van der Waals surface area contributed by atoms with E-state index in [0.717, 1.165) is 36.3 Å². The smallest absolute Gasteiger partial charge is 0.225 e. The molecule has 4 rings (SSSR count). The highest BCUT2D eigenvalue weighted by Crippen LogP contribution is 2.25. The zero-order chi connectivity index (χ0) is 17.6. The molecule has 130 valence electrons. The SMILES string of the molecule is CN(c1ncccn1)C1CN(c2ccc3nnc(C(C)(C)C)n3n2)C1. The second-order valence-electron chi connectivity index (χ2n) is 7.45. The minimum absolute atomic E-state index is 0.104. The first-order chi connectivity index (χ1) is 11.9. The molecule has 25 heavy (non-hydrogen) atoms. The predicted molar refractivity (Wildman–Crippen MR) is 95.9 cm³/mol. The van der Waals surface area contributed by atoms with Gasteiger partial charge in [0.2, 0.25) is 5.95 Å². The van der Waals surface area contributed by atoms with Crippen LogP contribution in [0.2, 0.25) is 0 Å². The molecular formula is C17H22N8. The average Bonchev–Trinajstić information content (AvgIpc) is 2.97. The van der Waals surface area contributed by atoms with Crippen molar-refractivity contribution in [2.24, 2.45) is 0 Å². The van der Waals surface area contributed by atoms with Crippen LogP contribution in [0.15, 0.2) is 30.6 Å². The lowest BCUT2D eigenvalue weighted by atomic mass is 9.96. The molecule has 0 bridgehead atoms. The van der Waals surface area contributed by atoms with Gasteiger partial charge in [-0.25, -0.2) is 9.97 Å². The Kier molecular flexibility index (Phi) is 3.55. The second kappa shape index (κ2) is 5.65. The van der Waals surface area contributed by atoms with E-state index >= 15 is 0 Å². The Morgan fingerprint density at radius 3 is 2.48 bits per heavy atom. The molecule has 0 N–H and O–H groups in total. The van der Waals surface area contributed by atoms with Crippen LogP contribution in [0.3, 0.4) is 0 Å². The molecule has 0 aliphatic carbocycles. The molecule has 0 unspecified atom stereocenters. The Hall–Kier alpha value is -2.77. The Bertz CT molecular complexity index is 877. The maximum atomic E-state index is 4.76. The standard InChI is InChI=1S/C17H22N8/c1-17(2,3)15-21-20-13-6-7-14(22-25(13)15)24-10-12(11-24)23(4)16-18-8-5-9-19-16/h5-9,12H,10-11H2,1-4H3. The van der Waals surface area contributed by atoms with Crippen LogP contribution >= 0.6 is 0 Å². The Morgan fingerprint density at radius 2 is 1.80 bits per heavy atom. The van der Waals surface area contributed by atoms with Crippen LogP contribution in [0.25, 0.3) is 5.65 Å². The van der Waals surface area contributed by atoms with E-state index in [9.17, 15) is 0 Å². The quantitative estimate of drug-likeness (QED) is 0.717. The Morgan fingerprint density at radius 1 is 1.08 bits per heavy atom. The Labute approximate surface area is 146 Å². The molecule has 3 aromatic heterocycles. The summed E-state index contributed by atoms with van der Waals surface area (Å²) >= 11 is 0. The van der Waals surface area contributed by atoms with Gasteiger partial charge in [-0.3, -0.25) is 0 Å². The van der Waals surface area contributed by atoms with E-state index in [4.69, 9.17) is 5.10 Å². The van der Waals surface area contributed by atoms with Crippen molar-refractivity contribution in [3.8, 4) is 0 Å². The fourth-order valence-electron chi connectivity index (χ4n) is 2.94. The van der Waals surface area contributed by atoms with Crippen LogP contribution < -0.4 is 9.80 Å². The second-order valence-corrected chi connectivity index (χ2v) is 7.45. The lowest BCUT2D eigenvalue weighted by Gasteiger charge is -2.44. The summed E-state index contributed by atoms with van der Waals surface area (Å²) in [5.41, 5.74) is 0.675. The van der Waals surface area contributed by atoms with E-state index in [1.807, 2.05) is 29.8 Å². The van der Waals surface area contributed by atoms with E-state index < -0.39 is 0 Å². The lowest BCUT2D eigenvalue weighted by Crippen LogP contribution is -2.59. The van der Waals surface area contributed by atoms with Gasteiger partial charge in [0.15, 0.2) is 11.5 Å². The molecule has 0 aromatic carbocycles. The fraction of sp³-hybridized carbons (Fsp3) is 0.471. The highest BCUT2D eigenvalue weighted by Gasteiger charge is 2.32.